The van der Waals surface area contributed by atoms with Gasteiger partial charge in [-0.3, -0.25) is 4.98 Å². The van der Waals surface area contributed by atoms with Gasteiger partial charge in [-0.2, -0.15) is 0 Å². The zero-order valence-electron chi connectivity index (χ0n) is 16.5. The summed E-state index contributed by atoms with van der Waals surface area (Å²) in [6.07, 6.45) is 2.16. The van der Waals surface area contributed by atoms with E-state index >= 15 is 0 Å². The quantitative estimate of drug-likeness (QED) is 0.436. The molecule has 0 fully saturated rings. The largest absolute Gasteiger partial charge is 1.00 e. The molecule has 0 saturated heterocycles. The summed E-state index contributed by atoms with van der Waals surface area (Å²) in [5, 5.41) is 10.5. The molecule has 0 amide bonds. The number of para-hydroxylation sites is 2. The van der Waals surface area contributed by atoms with Crippen LogP contribution in [0, 0.1) is 6.92 Å². The van der Waals surface area contributed by atoms with E-state index in [1.165, 1.54) is 0 Å². The van der Waals surface area contributed by atoms with E-state index < -0.39 is 6.10 Å². The van der Waals surface area contributed by atoms with E-state index in [0.717, 1.165) is 34.5 Å². The Kier molecular flexibility index (Phi) is 8.06. The number of pyridine rings is 1. The van der Waals surface area contributed by atoms with E-state index in [1.807, 2.05) is 37.3 Å². The summed E-state index contributed by atoms with van der Waals surface area (Å²) in [6, 6.07) is 9.57. The Morgan fingerprint density at radius 1 is 1.23 bits per heavy atom. The van der Waals surface area contributed by atoms with Crippen LogP contribution < -0.4 is 34.3 Å². The first kappa shape index (κ1) is 20.9. The van der Waals surface area contributed by atoms with Gasteiger partial charge in [0.15, 0.2) is 0 Å². The zero-order chi connectivity index (χ0) is 17.6. The van der Waals surface area contributed by atoms with Crippen molar-refractivity contribution in [3.05, 3.63) is 53.6 Å². The van der Waals surface area contributed by atoms with E-state index in [2.05, 4.69) is 15.0 Å². The predicted molar refractivity (Wildman–Crippen MR) is 96.8 cm³/mol. The number of aliphatic hydroxyl groups excluding tert-OH is 1. The normalized spacial score (nSPS) is 12.0. The summed E-state index contributed by atoms with van der Waals surface area (Å²) < 4.78 is 10.8. The van der Waals surface area contributed by atoms with Crippen LogP contribution in [0.3, 0.4) is 0 Å². The fourth-order valence-electron chi connectivity index (χ4n) is 2.72. The van der Waals surface area contributed by atoms with E-state index in [1.54, 1.807) is 13.3 Å². The number of hydrogen-bond acceptors (Lipinski definition) is 5. The van der Waals surface area contributed by atoms with Crippen molar-refractivity contribution in [2.24, 2.45) is 0 Å². The fraction of sp³-hybridized carbons (Fsp3) is 0.368. The minimum absolute atomic E-state index is 0. The maximum absolute atomic E-state index is 10.5. The minimum atomic E-state index is -0.748. The van der Waals surface area contributed by atoms with E-state index in [4.69, 9.17) is 9.47 Å². The average molecular weight is 365 g/mol. The topological polar surface area (TPSA) is 80.3 Å². The molecule has 0 saturated carbocycles. The third kappa shape index (κ3) is 5.05. The summed E-state index contributed by atoms with van der Waals surface area (Å²) in [6.45, 7) is 3.21. The number of nitrogens with one attached hydrogen (secondary N) is 1. The molecule has 134 valence electrons. The number of aliphatic hydroxyl groups is 1. The van der Waals surface area contributed by atoms with Gasteiger partial charge in [-0.05, 0) is 25.1 Å². The molecule has 2 N–H and O–H groups in total. The molecule has 3 rings (SSSR count). The number of nitrogens with zero attached hydrogens (tertiary/aromatic N) is 2. The minimum Gasteiger partial charge on any atom is -1.00 e. The maximum Gasteiger partial charge on any atom is 1.00 e. The SMILES string of the molecule is COCCCOc1ccnc(CC(O)c2nc3ccccc3[nH]2)c1C.[H-].[Na+]. The van der Waals surface area contributed by atoms with E-state index in [0.29, 0.717) is 25.5 Å². The van der Waals surface area contributed by atoms with Crippen LogP contribution in [0.2, 0.25) is 0 Å². The van der Waals surface area contributed by atoms with Gasteiger partial charge >= 0.3 is 29.6 Å². The van der Waals surface area contributed by atoms with Gasteiger partial charge in [0.25, 0.3) is 0 Å². The Morgan fingerprint density at radius 3 is 2.81 bits per heavy atom. The van der Waals surface area contributed by atoms with E-state index in [-0.39, 0.29) is 31.0 Å². The molecule has 2 heterocycles. The second-order valence-electron chi connectivity index (χ2n) is 5.93. The summed E-state index contributed by atoms with van der Waals surface area (Å²) in [5.41, 5.74) is 3.50. The molecule has 7 heteroatoms. The molecule has 0 spiro atoms. The number of fused-ring (bicyclic) bond motifs is 1. The van der Waals surface area contributed by atoms with Crippen molar-refractivity contribution in [3.63, 3.8) is 0 Å². The van der Waals surface area contributed by atoms with Gasteiger partial charge in [-0.1, -0.05) is 12.1 Å². The molecule has 0 aliphatic heterocycles. The van der Waals surface area contributed by atoms with Crippen LogP contribution in [0.25, 0.3) is 11.0 Å². The van der Waals surface area contributed by atoms with Crippen molar-refractivity contribution in [2.75, 3.05) is 20.3 Å². The Hall–Kier alpha value is -1.44. The van der Waals surface area contributed by atoms with Crippen LogP contribution in [0.15, 0.2) is 36.5 Å². The summed E-state index contributed by atoms with van der Waals surface area (Å²) in [7, 11) is 1.68. The second kappa shape index (κ2) is 10.0. The number of aromatic nitrogens is 3. The molecule has 0 bridgehead atoms. The molecule has 6 nitrogen and oxygen atoms in total. The molecule has 1 unspecified atom stereocenters. The van der Waals surface area contributed by atoms with Crippen LogP contribution in [0.4, 0.5) is 0 Å². The first-order valence-electron chi connectivity index (χ1n) is 8.38. The number of imidazole rings is 1. The van der Waals surface area contributed by atoms with Gasteiger partial charge in [-0.25, -0.2) is 4.98 Å². The van der Waals surface area contributed by atoms with Crippen molar-refractivity contribution in [1.82, 2.24) is 15.0 Å². The van der Waals surface area contributed by atoms with E-state index in [9.17, 15) is 5.11 Å². The molecular formula is C19H24N3NaO3. The standard InChI is InChI=1S/C19H23N3O3.Na.H/c1-13-16(20-9-8-18(13)25-11-5-10-24-2)12-17(23)19-21-14-6-3-4-7-15(14)22-19;;/h3-4,6-9,17,23H,5,10-12H2,1-2H3,(H,21,22);;/q;+1;-1. The van der Waals surface area contributed by atoms with Crippen molar-refractivity contribution in [3.8, 4) is 5.75 Å². The van der Waals surface area contributed by atoms with Gasteiger partial charge in [0.05, 0.1) is 17.6 Å². The molecular weight excluding hydrogens is 341 g/mol. The molecule has 0 radical (unpaired) electrons. The van der Waals surface area contributed by atoms with Crippen LogP contribution in [-0.4, -0.2) is 40.4 Å². The van der Waals surface area contributed by atoms with Crippen LogP contribution >= 0.6 is 0 Å². The third-order valence-electron chi connectivity index (χ3n) is 4.12. The van der Waals surface area contributed by atoms with Gasteiger partial charge in [0.2, 0.25) is 0 Å². The first-order chi connectivity index (χ1) is 12.2. The summed E-state index contributed by atoms with van der Waals surface area (Å²) in [5.74, 6) is 1.34. The van der Waals surface area contributed by atoms with Gasteiger partial charge in [-0.15, -0.1) is 0 Å². The number of hydrogen-bond donors (Lipinski definition) is 2. The summed E-state index contributed by atoms with van der Waals surface area (Å²) >= 11 is 0. The van der Waals surface area contributed by atoms with Crippen molar-refractivity contribution in [1.29, 1.82) is 0 Å². The fourth-order valence-corrected chi connectivity index (χ4v) is 2.72. The Labute approximate surface area is 176 Å². The smallest absolute Gasteiger partial charge is 1.00 e. The predicted octanol–water partition coefficient (Wildman–Crippen LogP) is 0.0742. The maximum atomic E-state index is 10.5. The van der Waals surface area contributed by atoms with Crippen molar-refractivity contribution >= 4 is 11.0 Å². The molecule has 0 aliphatic carbocycles. The number of ether oxygens (including phenoxy) is 2. The Balaban J connectivity index is 0.00000182. The Bertz CT molecular complexity index is 811. The number of aromatic amines is 1. The van der Waals surface area contributed by atoms with Crippen molar-refractivity contribution < 1.29 is 45.6 Å². The first-order valence-corrected chi connectivity index (χ1v) is 8.38. The number of H-pyrrole nitrogens is 1. The Morgan fingerprint density at radius 2 is 2.04 bits per heavy atom. The van der Waals surface area contributed by atoms with Crippen molar-refractivity contribution in [2.45, 2.75) is 25.9 Å². The third-order valence-corrected chi connectivity index (χ3v) is 4.12. The number of methoxy groups -OCH3 is 1. The molecule has 3 aromatic rings. The van der Waals surface area contributed by atoms with Crippen LogP contribution in [0.5, 0.6) is 5.75 Å². The van der Waals surface area contributed by atoms with Crippen LogP contribution in [-0.2, 0) is 11.2 Å². The molecule has 0 aliphatic rings. The molecule has 2 aromatic heterocycles. The van der Waals surface area contributed by atoms with Gasteiger partial charge in [0.1, 0.15) is 17.7 Å². The summed E-state index contributed by atoms with van der Waals surface area (Å²) in [4.78, 5) is 12.0. The number of benzene rings is 1. The van der Waals surface area contributed by atoms with Gasteiger partial charge < -0.3 is 21.0 Å². The average Bonchev–Trinajstić information content (AvgIpc) is 3.06. The van der Waals surface area contributed by atoms with Gasteiger partial charge in [0, 0.05) is 44.0 Å². The molecule has 1 atom stereocenters. The zero-order valence-corrected chi connectivity index (χ0v) is 17.5. The molecule has 1 aromatic carbocycles. The van der Waals surface area contributed by atoms with Crippen LogP contribution in [0.1, 0.15) is 31.0 Å². The second-order valence-corrected chi connectivity index (χ2v) is 5.93. The monoisotopic (exact) mass is 365 g/mol. The molecule has 26 heavy (non-hydrogen) atoms. The number of rotatable bonds is 8.